The molecule has 2 amide bonds. The van der Waals surface area contributed by atoms with E-state index in [1.54, 1.807) is 23.3 Å². The van der Waals surface area contributed by atoms with E-state index in [1.165, 1.54) is 0 Å². The van der Waals surface area contributed by atoms with Gasteiger partial charge in [-0.15, -0.1) is 11.3 Å². The summed E-state index contributed by atoms with van der Waals surface area (Å²) in [5.74, 6) is 0.0592. The Morgan fingerprint density at radius 3 is 2.72 bits per heavy atom. The number of alkyl carbamates (subject to hydrolysis) is 1. The first-order valence-corrected chi connectivity index (χ1v) is 9.63. The largest absolute Gasteiger partial charge is 0.445 e. The number of benzene rings is 1. The SMILES string of the molecule is CN(Cc1cc(Br)cs1)C(=O)CCCNC(=O)OCc1ccccc1. The summed E-state index contributed by atoms with van der Waals surface area (Å²) in [5, 5.41) is 4.66. The van der Waals surface area contributed by atoms with Gasteiger partial charge in [-0.25, -0.2) is 4.79 Å². The predicted octanol–water partition coefficient (Wildman–Crippen LogP) is 4.18. The van der Waals surface area contributed by atoms with Gasteiger partial charge in [-0.1, -0.05) is 30.3 Å². The van der Waals surface area contributed by atoms with E-state index in [0.717, 1.165) is 14.9 Å². The van der Waals surface area contributed by atoms with Crippen molar-refractivity contribution >= 4 is 39.3 Å². The molecule has 7 heteroatoms. The maximum absolute atomic E-state index is 12.1. The van der Waals surface area contributed by atoms with Crippen molar-refractivity contribution in [2.24, 2.45) is 0 Å². The minimum atomic E-state index is -0.465. The average molecular weight is 425 g/mol. The van der Waals surface area contributed by atoms with E-state index in [9.17, 15) is 9.59 Å². The normalized spacial score (nSPS) is 10.3. The highest BCUT2D eigenvalue weighted by atomic mass is 79.9. The Labute approximate surface area is 160 Å². The molecule has 134 valence electrons. The molecular weight excluding hydrogens is 404 g/mol. The van der Waals surface area contributed by atoms with Gasteiger partial charge in [0.05, 0.1) is 6.54 Å². The van der Waals surface area contributed by atoms with Crippen LogP contribution >= 0.6 is 27.3 Å². The van der Waals surface area contributed by atoms with Gasteiger partial charge in [0.1, 0.15) is 6.61 Å². The van der Waals surface area contributed by atoms with Crippen LogP contribution in [0.25, 0.3) is 0 Å². The first kappa shape index (κ1) is 19.5. The third-order valence-corrected chi connectivity index (χ3v) is 5.17. The van der Waals surface area contributed by atoms with Crippen LogP contribution in [-0.2, 0) is 22.7 Å². The molecule has 0 fully saturated rings. The van der Waals surface area contributed by atoms with Gasteiger partial charge in [-0.3, -0.25) is 4.79 Å². The standard InChI is InChI=1S/C18H21BrN2O3S/c1-21(11-16-10-15(19)13-25-16)17(22)8-5-9-20-18(23)24-12-14-6-3-2-4-7-14/h2-4,6-7,10,13H,5,8-9,11-12H2,1H3,(H,20,23). The van der Waals surface area contributed by atoms with E-state index in [0.29, 0.717) is 25.9 Å². The second kappa shape index (κ2) is 10.2. The van der Waals surface area contributed by atoms with Crippen LogP contribution in [0.15, 0.2) is 46.3 Å². The second-order valence-electron chi connectivity index (χ2n) is 5.57. The number of ether oxygens (including phenoxy) is 1. The molecule has 1 heterocycles. The van der Waals surface area contributed by atoms with Gasteiger partial charge >= 0.3 is 6.09 Å². The molecule has 0 bridgehead atoms. The number of hydrogen-bond donors (Lipinski definition) is 1. The number of carbonyl (C=O) groups is 2. The Balaban J connectivity index is 1.58. The Morgan fingerprint density at radius 1 is 1.28 bits per heavy atom. The van der Waals surface area contributed by atoms with E-state index in [2.05, 4.69) is 21.2 Å². The summed E-state index contributed by atoms with van der Waals surface area (Å²) in [4.78, 5) is 26.5. The summed E-state index contributed by atoms with van der Waals surface area (Å²) in [6.45, 7) is 1.25. The van der Waals surface area contributed by atoms with Gasteiger partial charge in [0.25, 0.3) is 0 Å². The highest BCUT2D eigenvalue weighted by Gasteiger charge is 2.10. The second-order valence-corrected chi connectivity index (χ2v) is 7.48. The van der Waals surface area contributed by atoms with Crippen molar-refractivity contribution in [3.8, 4) is 0 Å². The number of carbonyl (C=O) groups excluding carboxylic acids is 2. The lowest BCUT2D eigenvalue weighted by Gasteiger charge is -2.16. The van der Waals surface area contributed by atoms with Gasteiger partial charge in [0.2, 0.25) is 5.91 Å². The fraction of sp³-hybridized carbons (Fsp3) is 0.333. The van der Waals surface area contributed by atoms with E-state index < -0.39 is 6.09 Å². The molecule has 0 aliphatic carbocycles. The molecule has 25 heavy (non-hydrogen) atoms. The number of hydrogen-bond acceptors (Lipinski definition) is 4. The lowest BCUT2D eigenvalue weighted by atomic mass is 10.2. The van der Waals surface area contributed by atoms with Crippen LogP contribution in [0.3, 0.4) is 0 Å². The van der Waals surface area contributed by atoms with Crippen LogP contribution in [0.4, 0.5) is 4.79 Å². The van der Waals surface area contributed by atoms with Gasteiger partial charge in [-0.2, -0.15) is 0 Å². The Morgan fingerprint density at radius 2 is 2.04 bits per heavy atom. The molecule has 0 unspecified atom stereocenters. The summed E-state index contributed by atoms with van der Waals surface area (Å²) < 4.78 is 6.15. The quantitative estimate of drug-likeness (QED) is 0.646. The molecule has 0 aliphatic rings. The fourth-order valence-corrected chi connectivity index (χ4v) is 3.66. The number of halogens is 1. The van der Waals surface area contributed by atoms with E-state index in [1.807, 2.05) is 41.8 Å². The molecule has 1 N–H and O–H groups in total. The van der Waals surface area contributed by atoms with Crippen LogP contribution in [0.1, 0.15) is 23.3 Å². The molecule has 0 saturated heterocycles. The van der Waals surface area contributed by atoms with Crippen molar-refractivity contribution in [1.29, 1.82) is 0 Å². The summed E-state index contributed by atoms with van der Waals surface area (Å²) in [5.41, 5.74) is 0.940. The minimum Gasteiger partial charge on any atom is -0.445 e. The maximum atomic E-state index is 12.1. The zero-order valence-corrected chi connectivity index (χ0v) is 16.4. The lowest BCUT2D eigenvalue weighted by Crippen LogP contribution is -2.28. The van der Waals surface area contributed by atoms with Crippen LogP contribution < -0.4 is 5.32 Å². The van der Waals surface area contributed by atoms with Crippen LogP contribution in [0, 0.1) is 0 Å². The number of nitrogens with one attached hydrogen (secondary N) is 1. The monoisotopic (exact) mass is 424 g/mol. The van der Waals surface area contributed by atoms with Crippen LogP contribution in [-0.4, -0.2) is 30.5 Å². The lowest BCUT2D eigenvalue weighted by molar-refractivity contribution is -0.130. The van der Waals surface area contributed by atoms with Crippen molar-refractivity contribution in [2.75, 3.05) is 13.6 Å². The smallest absolute Gasteiger partial charge is 0.407 e. The molecule has 0 radical (unpaired) electrons. The number of thiophene rings is 1. The molecule has 2 aromatic rings. The molecule has 5 nitrogen and oxygen atoms in total. The van der Waals surface area contributed by atoms with Gasteiger partial charge < -0.3 is 15.0 Å². The van der Waals surface area contributed by atoms with Crippen molar-refractivity contribution in [3.05, 3.63) is 56.7 Å². The molecular formula is C18H21BrN2O3S. The third-order valence-electron chi connectivity index (χ3n) is 3.49. The third kappa shape index (κ3) is 7.27. The van der Waals surface area contributed by atoms with Crippen molar-refractivity contribution in [1.82, 2.24) is 10.2 Å². The fourth-order valence-electron chi connectivity index (χ4n) is 2.15. The molecule has 0 atom stereocenters. The number of amides is 2. The highest BCUT2D eigenvalue weighted by molar-refractivity contribution is 9.10. The zero-order valence-electron chi connectivity index (χ0n) is 14.0. The number of rotatable bonds is 8. The maximum Gasteiger partial charge on any atom is 0.407 e. The Bertz CT molecular complexity index is 691. The predicted molar refractivity (Wildman–Crippen MR) is 102 cm³/mol. The molecule has 0 aliphatic heterocycles. The number of nitrogens with zero attached hydrogens (tertiary/aromatic N) is 1. The highest BCUT2D eigenvalue weighted by Crippen LogP contribution is 2.21. The summed E-state index contributed by atoms with van der Waals surface area (Å²) in [6, 6.07) is 11.5. The van der Waals surface area contributed by atoms with Crippen molar-refractivity contribution < 1.29 is 14.3 Å². The summed E-state index contributed by atoms with van der Waals surface area (Å²) in [6.07, 6.45) is 0.507. The molecule has 1 aromatic carbocycles. The summed E-state index contributed by atoms with van der Waals surface area (Å²) in [7, 11) is 1.79. The van der Waals surface area contributed by atoms with Crippen molar-refractivity contribution in [2.45, 2.75) is 26.0 Å². The Hall–Kier alpha value is -1.86. The van der Waals surface area contributed by atoms with Crippen LogP contribution in [0.2, 0.25) is 0 Å². The topological polar surface area (TPSA) is 58.6 Å². The molecule has 1 aromatic heterocycles. The van der Waals surface area contributed by atoms with Crippen LogP contribution in [0.5, 0.6) is 0 Å². The Kier molecular flexibility index (Phi) is 7.94. The molecule has 2 rings (SSSR count). The van der Waals surface area contributed by atoms with Crippen molar-refractivity contribution in [3.63, 3.8) is 0 Å². The zero-order chi connectivity index (χ0) is 18.1. The average Bonchev–Trinajstić information content (AvgIpc) is 3.02. The summed E-state index contributed by atoms with van der Waals surface area (Å²) >= 11 is 5.02. The van der Waals surface area contributed by atoms with E-state index in [-0.39, 0.29) is 12.5 Å². The molecule has 0 spiro atoms. The van der Waals surface area contributed by atoms with Gasteiger partial charge in [0.15, 0.2) is 0 Å². The first-order chi connectivity index (χ1) is 12.0. The minimum absolute atomic E-state index is 0.0592. The van der Waals surface area contributed by atoms with E-state index >= 15 is 0 Å². The van der Waals surface area contributed by atoms with Gasteiger partial charge in [-0.05, 0) is 34.0 Å². The van der Waals surface area contributed by atoms with Gasteiger partial charge in [0, 0.05) is 34.7 Å². The molecule has 0 saturated carbocycles. The first-order valence-electron chi connectivity index (χ1n) is 7.96. The van der Waals surface area contributed by atoms with E-state index in [4.69, 9.17) is 4.74 Å².